The van der Waals surface area contributed by atoms with Gasteiger partial charge in [0, 0.05) is 31.7 Å². The molecule has 0 radical (unpaired) electrons. The second-order valence-electron chi connectivity index (χ2n) is 9.19. The van der Waals surface area contributed by atoms with Crippen LogP contribution in [-0.4, -0.2) is 33.8 Å². The molecule has 5 rings (SSSR count). The average Bonchev–Trinajstić information content (AvgIpc) is 3.53. The molecular weight excluding hydrogens is 489 g/mol. The second-order valence-corrected chi connectivity index (χ2v) is 10.2. The highest BCUT2D eigenvalue weighted by Crippen LogP contribution is 2.48. The van der Waals surface area contributed by atoms with Gasteiger partial charge in [-0.1, -0.05) is 11.3 Å². The zero-order chi connectivity index (χ0) is 25.1. The second kappa shape index (κ2) is 8.58. The van der Waals surface area contributed by atoms with Crippen LogP contribution < -0.4 is 10.2 Å². The Morgan fingerprint density at radius 3 is 2.46 bits per heavy atom. The van der Waals surface area contributed by atoms with E-state index in [0.717, 1.165) is 10.9 Å². The van der Waals surface area contributed by atoms with Crippen LogP contribution in [0.3, 0.4) is 0 Å². The molecule has 12 heteroatoms. The Morgan fingerprint density at radius 1 is 1.17 bits per heavy atom. The molecule has 2 unspecified atom stereocenters. The lowest BCUT2D eigenvalue weighted by Gasteiger charge is -2.18. The van der Waals surface area contributed by atoms with Crippen LogP contribution in [0.2, 0.25) is 0 Å². The standard InChI is InChI=1S/C23H22F5N5OS/c1-11-5-15(3-4-16(11)24)30-21(34)18-19(31-32(2)20(18)25)12-6-13-9-33(10-14(13)7-12)22-29-8-17(35-22)23(26,27)28/h3-5,8,12-14H,6-7,9-10H2,1-2H3,(H,30,34). The summed E-state index contributed by atoms with van der Waals surface area (Å²) in [7, 11) is 1.43. The van der Waals surface area contributed by atoms with Gasteiger partial charge in [-0.05, 0) is 55.4 Å². The number of rotatable bonds is 4. The molecule has 186 valence electrons. The molecule has 0 bridgehead atoms. The molecule has 3 aromatic rings. The number of amides is 1. The summed E-state index contributed by atoms with van der Waals surface area (Å²) in [5, 5.41) is 7.27. The van der Waals surface area contributed by atoms with E-state index in [1.54, 1.807) is 6.92 Å². The molecule has 1 saturated carbocycles. The highest BCUT2D eigenvalue weighted by molar-refractivity contribution is 7.15. The number of nitrogens with one attached hydrogen (secondary N) is 1. The highest BCUT2D eigenvalue weighted by atomic mass is 32.1. The van der Waals surface area contributed by atoms with Gasteiger partial charge in [-0.3, -0.25) is 4.79 Å². The fourth-order valence-electron chi connectivity index (χ4n) is 5.16. The minimum Gasteiger partial charge on any atom is -0.348 e. The topological polar surface area (TPSA) is 63.1 Å². The molecule has 35 heavy (non-hydrogen) atoms. The average molecular weight is 512 g/mol. The van der Waals surface area contributed by atoms with Crippen LogP contribution >= 0.6 is 11.3 Å². The number of alkyl halides is 3. The van der Waals surface area contributed by atoms with Crippen LogP contribution in [-0.2, 0) is 13.2 Å². The molecule has 2 fully saturated rings. The molecule has 1 aliphatic heterocycles. The van der Waals surface area contributed by atoms with Crippen LogP contribution in [0, 0.1) is 30.5 Å². The minimum atomic E-state index is -4.41. The molecule has 1 saturated heterocycles. The Morgan fingerprint density at radius 2 is 1.86 bits per heavy atom. The Labute approximate surface area is 201 Å². The third-order valence-corrected chi connectivity index (χ3v) is 7.93. The molecule has 3 heterocycles. The molecular formula is C23H22F5N5OS. The first-order valence-electron chi connectivity index (χ1n) is 11.1. The summed E-state index contributed by atoms with van der Waals surface area (Å²) in [6.45, 7) is 2.67. The van der Waals surface area contributed by atoms with Gasteiger partial charge in [0.05, 0.1) is 11.9 Å². The number of anilines is 2. The van der Waals surface area contributed by atoms with E-state index >= 15 is 0 Å². The van der Waals surface area contributed by atoms with Gasteiger partial charge in [0.2, 0.25) is 5.95 Å². The number of hydrogen-bond acceptors (Lipinski definition) is 5. The maximum Gasteiger partial charge on any atom is 0.427 e. The number of halogens is 5. The van der Waals surface area contributed by atoms with Crippen LogP contribution in [0.25, 0.3) is 0 Å². The third-order valence-electron chi connectivity index (χ3n) is 6.83. The number of aromatic nitrogens is 3. The van der Waals surface area contributed by atoms with Gasteiger partial charge in [-0.15, -0.1) is 0 Å². The van der Waals surface area contributed by atoms with Crippen molar-refractivity contribution in [2.45, 2.75) is 31.9 Å². The smallest absolute Gasteiger partial charge is 0.348 e. The van der Waals surface area contributed by atoms with E-state index in [-0.39, 0.29) is 23.3 Å². The van der Waals surface area contributed by atoms with E-state index in [2.05, 4.69) is 15.4 Å². The van der Waals surface area contributed by atoms with Gasteiger partial charge in [0.15, 0.2) is 5.13 Å². The van der Waals surface area contributed by atoms with Crippen molar-refractivity contribution in [2.24, 2.45) is 18.9 Å². The fraction of sp³-hybridized carbons (Fsp3) is 0.435. The summed E-state index contributed by atoms with van der Waals surface area (Å²) in [5.41, 5.74) is 0.941. The normalized spacial score (nSPS) is 22.0. The zero-order valence-electron chi connectivity index (χ0n) is 18.9. The fourth-order valence-corrected chi connectivity index (χ4v) is 5.96. The Kier molecular flexibility index (Phi) is 5.81. The van der Waals surface area contributed by atoms with Gasteiger partial charge in [0.1, 0.15) is 16.3 Å². The minimum absolute atomic E-state index is 0.133. The Hall–Kier alpha value is -3.02. The van der Waals surface area contributed by atoms with Crippen molar-refractivity contribution in [1.82, 2.24) is 14.8 Å². The number of benzene rings is 1. The predicted molar refractivity (Wildman–Crippen MR) is 121 cm³/mol. The van der Waals surface area contributed by atoms with Crippen molar-refractivity contribution < 1.29 is 26.7 Å². The van der Waals surface area contributed by atoms with E-state index in [1.165, 1.54) is 25.2 Å². The quantitative estimate of drug-likeness (QED) is 0.479. The van der Waals surface area contributed by atoms with E-state index < -0.39 is 28.7 Å². The lowest BCUT2D eigenvalue weighted by molar-refractivity contribution is -0.134. The van der Waals surface area contributed by atoms with Crippen molar-refractivity contribution in [3.8, 4) is 0 Å². The van der Waals surface area contributed by atoms with Gasteiger partial charge in [-0.25, -0.2) is 14.1 Å². The lowest BCUT2D eigenvalue weighted by atomic mass is 9.97. The van der Waals surface area contributed by atoms with Crippen molar-refractivity contribution in [2.75, 3.05) is 23.3 Å². The van der Waals surface area contributed by atoms with Gasteiger partial charge in [0.25, 0.3) is 5.91 Å². The van der Waals surface area contributed by atoms with Crippen LogP contribution in [0.15, 0.2) is 24.4 Å². The van der Waals surface area contributed by atoms with Crippen molar-refractivity contribution in [1.29, 1.82) is 0 Å². The van der Waals surface area contributed by atoms with Gasteiger partial charge < -0.3 is 10.2 Å². The first kappa shape index (κ1) is 23.7. The van der Waals surface area contributed by atoms with E-state index in [1.807, 2.05) is 4.90 Å². The van der Waals surface area contributed by atoms with Crippen LogP contribution in [0.1, 0.15) is 45.3 Å². The summed E-state index contributed by atoms with van der Waals surface area (Å²) >= 11 is 0.635. The summed E-state index contributed by atoms with van der Waals surface area (Å²) in [4.78, 5) is 18.1. The molecule has 1 N–H and O–H groups in total. The summed E-state index contributed by atoms with van der Waals surface area (Å²) in [6.07, 6.45) is -2.26. The molecule has 1 aromatic carbocycles. The van der Waals surface area contributed by atoms with Crippen molar-refractivity contribution in [3.63, 3.8) is 0 Å². The van der Waals surface area contributed by atoms with Gasteiger partial charge in [-0.2, -0.15) is 22.7 Å². The van der Waals surface area contributed by atoms with Gasteiger partial charge >= 0.3 is 6.18 Å². The summed E-state index contributed by atoms with van der Waals surface area (Å²) in [6, 6.07) is 4.11. The third kappa shape index (κ3) is 4.39. The number of carbonyl (C=O) groups excluding carboxylic acids is 1. The van der Waals surface area contributed by atoms with E-state index in [4.69, 9.17) is 0 Å². The van der Waals surface area contributed by atoms with Crippen LogP contribution in [0.5, 0.6) is 0 Å². The van der Waals surface area contributed by atoms with E-state index in [0.29, 0.717) is 59.3 Å². The number of nitrogens with zero attached hydrogens (tertiary/aromatic N) is 4. The monoisotopic (exact) mass is 511 g/mol. The Balaban J connectivity index is 1.31. The lowest BCUT2D eigenvalue weighted by Crippen LogP contribution is -2.21. The first-order chi connectivity index (χ1) is 16.5. The number of aryl methyl sites for hydroxylation is 2. The van der Waals surface area contributed by atoms with E-state index in [9.17, 15) is 26.7 Å². The van der Waals surface area contributed by atoms with Crippen molar-refractivity contribution >= 4 is 28.1 Å². The van der Waals surface area contributed by atoms with Crippen molar-refractivity contribution in [3.05, 3.63) is 57.9 Å². The molecule has 6 nitrogen and oxygen atoms in total. The molecule has 1 amide bonds. The summed E-state index contributed by atoms with van der Waals surface area (Å²) < 4.78 is 68.3. The molecule has 2 aromatic heterocycles. The Bertz CT molecular complexity index is 1270. The SMILES string of the molecule is Cc1cc(NC(=O)c2c(C3CC4CN(c5ncc(C(F)(F)F)s5)CC4C3)nn(C)c2F)ccc1F. The molecule has 2 atom stereocenters. The zero-order valence-corrected chi connectivity index (χ0v) is 19.7. The first-order valence-corrected chi connectivity index (χ1v) is 11.9. The largest absolute Gasteiger partial charge is 0.427 e. The molecule has 2 aliphatic rings. The maximum atomic E-state index is 14.9. The van der Waals surface area contributed by atoms with Crippen LogP contribution in [0.4, 0.5) is 32.8 Å². The predicted octanol–water partition coefficient (Wildman–Crippen LogP) is 5.36. The number of fused-ring (bicyclic) bond motifs is 1. The summed E-state index contributed by atoms with van der Waals surface area (Å²) in [5.74, 6) is -1.61. The number of carbonyl (C=O) groups is 1. The number of thiazole rings is 1. The highest BCUT2D eigenvalue weighted by Gasteiger charge is 2.45. The molecule has 0 spiro atoms. The molecule has 1 aliphatic carbocycles. The maximum absolute atomic E-state index is 14.9. The number of hydrogen-bond donors (Lipinski definition) is 1.